The zero-order chi connectivity index (χ0) is 10.6. The summed E-state index contributed by atoms with van der Waals surface area (Å²) in [5.41, 5.74) is 0. The van der Waals surface area contributed by atoms with Gasteiger partial charge >= 0.3 is 0 Å². The van der Waals surface area contributed by atoms with E-state index in [-0.39, 0.29) is 12.0 Å². The van der Waals surface area contributed by atoms with E-state index in [9.17, 15) is 9.90 Å². The van der Waals surface area contributed by atoms with Gasteiger partial charge in [-0.2, -0.15) is 0 Å². The van der Waals surface area contributed by atoms with Crippen molar-refractivity contribution >= 4 is 5.91 Å². The quantitative estimate of drug-likeness (QED) is 0.690. The number of carbonyl (C=O) groups excluding carboxylic acids is 1. The van der Waals surface area contributed by atoms with Crippen LogP contribution in [0, 0.1) is 0 Å². The minimum Gasteiger partial charge on any atom is -0.392 e. The van der Waals surface area contributed by atoms with Gasteiger partial charge in [-0.05, 0) is 19.4 Å². The second kappa shape index (κ2) is 5.32. The van der Waals surface area contributed by atoms with Gasteiger partial charge in [-0.15, -0.1) is 0 Å². The van der Waals surface area contributed by atoms with Crippen molar-refractivity contribution in [2.75, 3.05) is 33.7 Å². The minimum absolute atomic E-state index is 0.153. The van der Waals surface area contributed by atoms with E-state index in [1.54, 1.807) is 19.0 Å². The fraction of sp³-hybridized carbons (Fsp3) is 0.900. The molecule has 0 unspecified atom stereocenters. The van der Waals surface area contributed by atoms with Crippen molar-refractivity contribution in [2.45, 2.75) is 25.4 Å². The van der Waals surface area contributed by atoms with Crippen LogP contribution in [-0.4, -0.2) is 60.6 Å². The number of likely N-dealkylation sites (tertiary alicyclic amines) is 1. The average molecular weight is 200 g/mol. The fourth-order valence-corrected chi connectivity index (χ4v) is 1.69. The molecule has 0 aliphatic carbocycles. The van der Waals surface area contributed by atoms with Crippen molar-refractivity contribution in [1.82, 2.24) is 9.80 Å². The van der Waals surface area contributed by atoms with Crippen LogP contribution in [0.15, 0.2) is 0 Å². The molecule has 0 saturated carbocycles. The summed E-state index contributed by atoms with van der Waals surface area (Å²) in [6.07, 6.45) is 2.23. The van der Waals surface area contributed by atoms with Gasteiger partial charge in [0.25, 0.3) is 0 Å². The summed E-state index contributed by atoms with van der Waals surface area (Å²) in [6.45, 7) is 2.67. The number of rotatable bonds is 4. The molecule has 1 rings (SSSR count). The van der Waals surface area contributed by atoms with Gasteiger partial charge in [0.15, 0.2) is 0 Å². The minimum atomic E-state index is -0.153. The Balaban J connectivity index is 2.07. The van der Waals surface area contributed by atoms with Crippen molar-refractivity contribution in [1.29, 1.82) is 0 Å². The number of hydrogen-bond acceptors (Lipinski definition) is 3. The second-order valence-electron chi connectivity index (χ2n) is 4.13. The predicted octanol–water partition coefficient (Wildman–Crippen LogP) is -0.0786. The maximum absolute atomic E-state index is 11.2. The first kappa shape index (κ1) is 11.5. The summed E-state index contributed by atoms with van der Waals surface area (Å²) < 4.78 is 0. The molecule has 4 heteroatoms. The number of aliphatic hydroxyl groups excluding tert-OH is 1. The molecule has 1 aliphatic heterocycles. The molecule has 1 atom stereocenters. The van der Waals surface area contributed by atoms with E-state index in [0.717, 1.165) is 32.5 Å². The topological polar surface area (TPSA) is 43.8 Å². The van der Waals surface area contributed by atoms with Crippen LogP contribution in [-0.2, 0) is 4.79 Å². The smallest absolute Gasteiger partial charge is 0.222 e. The average Bonchev–Trinajstić information content (AvgIpc) is 2.51. The summed E-state index contributed by atoms with van der Waals surface area (Å²) in [7, 11) is 3.56. The molecule has 0 spiro atoms. The molecule has 82 valence electrons. The lowest BCUT2D eigenvalue weighted by molar-refractivity contribution is -0.128. The molecule has 0 aromatic rings. The summed E-state index contributed by atoms with van der Waals surface area (Å²) >= 11 is 0. The maximum Gasteiger partial charge on any atom is 0.222 e. The molecular weight excluding hydrogens is 180 g/mol. The number of β-amino-alcohol motifs (C(OH)–C–C–N with tert-alkyl or cyclic N) is 1. The second-order valence-corrected chi connectivity index (χ2v) is 4.13. The SMILES string of the molecule is CN(C)C(=O)CCCN1CC[C@H](O)C1. The van der Waals surface area contributed by atoms with Gasteiger partial charge in [-0.25, -0.2) is 0 Å². The number of carbonyl (C=O) groups is 1. The van der Waals surface area contributed by atoms with E-state index in [1.807, 2.05) is 0 Å². The lowest BCUT2D eigenvalue weighted by Crippen LogP contribution is -2.26. The van der Waals surface area contributed by atoms with Crippen LogP contribution in [0.3, 0.4) is 0 Å². The highest BCUT2D eigenvalue weighted by Crippen LogP contribution is 2.09. The van der Waals surface area contributed by atoms with Crippen molar-refractivity contribution in [3.63, 3.8) is 0 Å². The van der Waals surface area contributed by atoms with E-state index in [2.05, 4.69) is 4.90 Å². The Morgan fingerprint density at radius 2 is 2.29 bits per heavy atom. The van der Waals surface area contributed by atoms with E-state index < -0.39 is 0 Å². The Bertz CT molecular complexity index is 195. The van der Waals surface area contributed by atoms with Gasteiger partial charge in [0.05, 0.1) is 6.10 Å². The van der Waals surface area contributed by atoms with Crippen LogP contribution in [0.25, 0.3) is 0 Å². The van der Waals surface area contributed by atoms with Crippen LogP contribution in [0.5, 0.6) is 0 Å². The largest absolute Gasteiger partial charge is 0.392 e. The molecule has 0 bridgehead atoms. The van der Waals surface area contributed by atoms with Gasteiger partial charge in [-0.3, -0.25) is 4.79 Å². The molecule has 1 aliphatic rings. The van der Waals surface area contributed by atoms with Crippen molar-refractivity contribution in [3.8, 4) is 0 Å². The van der Waals surface area contributed by atoms with Crippen LogP contribution >= 0.6 is 0 Å². The highest BCUT2D eigenvalue weighted by molar-refractivity contribution is 5.75. The molecule has 0 aromatic heterocycles. The lowest BCUT2D eigenvalue weighted by atomic mass is 10.2. The molecule has 0 aromatic carbocycles. The molecule has 1 heterocycles. The first-order valence-electron chi connectivity index (χ1n) is 5.20. The zero-order valence-electron chi connectivity index (χ0n) is 9.07. The molecular formula is C10H20N2O2. The molecule has 1 N–H and O–H groups in total. The van der Waals surface area contributed by atoms with Gasteiger partial charge < -0.3 is 14.9 Å². The zero-order valence-corrected chi connectivity index (χ0v) is 9.07. The Hall–Kier alpha value is -0.610. The Labute approximate surface area is 85.5 Å². The summed E-state index contributed by atoms with van der Waals surface area (Å²) in [5.74, 6) is 0.185. The maximum atomic E-state index is 11.2. The van der Waals surface area contributed by atoms with Gasteiger partial charge in [0.1, 0.15) is 0 Å². The molecule has 1 fully saturated rings. The summed E-state index contributed by atoms with van der Waals surface area (Å²) in [4.78, 5) is 15.1. The highest BCUT2D eigenvalue weighted by atomic mass is 16.3. The summed E-state index contributed by atoms with van der Waals surface area (Å²) in [6, 6.07) is 0. The third kappa shape index (κ3) is 3.64. The number of hydrogen-bond donors (Lipinski definition) is 1. The molecule has 0 radical (unpaired) electrons. The standard InChI is InChI=1S/C10H20N2O2/c1-11(2)10(14)4-3-6-12-7-5-9(13)8-12/h9,13H,3-8H2,1-2H3/t9-/m0/s1. The van der Waals surface area contributed by atoms with Gasteiger partial charge in [0, 0.05) is 33.6 Å². The number of aliphatic hydroxyl groups is 1. The van der Waals surface area contributed by atoms with E-state index in [0.29, 0.717) is 6.42 Å². The van der Waals surface area contributed by atoms with Crippen LogP contribution in [0.1, 0.15) is 19.3 Å². The Morgan fingerprint density at radius 1 is 1.57 bits per heavy atom. The fourth-order valence-electron chi connectivity index (χ4n) is 1.69. The monoisotopic (exact) mass is 200 g/mol. The van der Waals surface area contributed by atoms with Crippen molar-refractivity contribution in [3.05, 3.63) is 0 Å². The van der Waals surface area contributed by atoms with Crippen molar-refractivity contribution in [2.24, 2.45) is 0 Å². The van der Waals surface area contributed by atoms with E-state index in [1.165, 1.54) is 0 Å². The van der Waals surface area contributed by atoms with Crippen LogP contribution in [0.4, 0.5) is 0 Å². The number of nitrogens with zero attached hydrogens (tertiary/aromatic N) is 2. The first-order valence-corrected chi connectivity index (χ1v) is 5.20. The first-order chi connectivity index (χ1) is 6.59. The van der Waals surface area contributed by atoms with E-state index in [4.69, 9.17) is 0 Å². The lowest BCUT2D eigenvalue weighted by Gasteiger charge is -2.15. The Kier molecular flexibility index (Phi) is 4.35. The third-order valence-corrected chi connectivity index (χ3v) is 2.61. The number of amides is 1. The Morgan fingerprint density at radius 3 is 2.79 bits per heavy atom. The molecule has 14 heavy (non-hydrogen) atoms. The van der Waals surface area contributed by atoms with E-state index >= 15 is 0 Å². The van der Waals surface area contributed by atoms with Gasteiger partial charge in [0.2, 0.25) is 5.91 Å². The molecule has 1 saturated heterocycles. The predicted molar refractivity (Wildman–Crippen MR) is 55.0 cm³/mol. The highest BCUT2D eigenvalue weighted by Gasteiger charge is 2.19. The molecule has 1 amide bonds. The van der Waals surface area contributed by atoms with Gasteiger partial charge in [-0.1, -0.05) is 0 Å². The third-order valence-electron chi connectivity index (χ3n) is 2.61. The van der Waals surface area contributed by atoms with Crippen LogP contribution in [0.2, 0.25) is 0 Å². The summed E-state index contributed by atoms with van der Waals surface area (Å²) in [5, 5.41) is 9.28. The van der Waals surface area contributed by atoms with Crippen molar-refractivity contribution < 1.29 is 9.90 Å². The van der Waals surface area contributed by atoms with Crippen LogP contribution < -0.4 is 0 Å². The molecule has 4 nitrogen and oxygen atoms in total. The normalized spacial score (nSPS) is 22.6.